The molecule has 0 unspecified atom stereocenters. The topological polar surface area (TPSA) is 56.7 Å². The molecular weight excluding hydrogens is 685 g/mol. The normalized spacial score (nSPS) is 11.6. The summed E-state index contributed by atoms with van der Waals surface area (Å²) in [5.41, 5.74) is 12.5. The first-order chi connectivity index (χ1) is 27.7. The van der Waals surface area contributed by atoms with Crippen LogP contribution in [0.5, 0.6) is 0 Å². The molecule has 3 aromatic heterocycles. The van der Waals surface area contributed by atoms with E-state index in [1.807, 2.05) is 72.8 Å². The Bertz CT molecular complexity index is 3200. The summed E-state index contributed by atoms with van der Waals surface area (Å²) in [5, 5.41) is 4.67. The summed E-state index contributed by atoms with van der Waals surface area (Å²) in [4.78, 5) is 14.9. The summed E-state index contributed by atoms with van der Waals surface area (Å²) in [7, 11) is 0. The van der Waals surface area contributed by atoms with Crippen LogP contribution in [0, 0.1) is 0 Å². The van der Waals surface area contributed by atoms with Crippen molar-refractivity contribution in [3.63, 3.8) is 0 Å². The van der Waals surface area contributed by atoms with E-state index in [0.29, 0.717) is 17.5 Å². The van der Waals surface area contributed by atoms with Crippen LogP contribution < -0.4 is 0 Å². The second-order valence-electron chi connectivity index (χ2n) is 14.0. The number of fused-ring (bicyclic) bond motifs is 6. The lowest BCUT2D eigenvalue weighted by atomic mass is 9.99. The molecule has 0 saturated heterocycles. The molecule has 0 saturated carbocycles. The molecule has 0 amide bonds. The first kappa shape index (κ1) is 31.9. The van der Waals surface area contributed by atoms with Crippen LogP contribution in [0.25, 0.3) is 106 Å². The fourth-order valence-electron chi connectivity index (χ4n) is 8.03. The Balaban J connectivity index is 1.05. The molecule has 3 heterocycles. The minimum Gasteiger partial charge on any atom is -0.456 e. The van der Waals surface area contributed by atoms with Crippen molar-refractivity contribution in [3.8, 4) is 62.1 Å². The summed E-state index contributed by atoms with van der Waals surface area (Å²) in [6, 6.07) is 67.6. The van der Waals surface area contributed by atoms with Crippen molar-refractivity contribution < 1.29 is 4.42 Å². The zero-order valence-electron chi connectivity index (χ0n) is 30.2. The highest BCUT2D eigenvalue weighted by Crippen LogP contribution is 2.39. The summed E-state index contributed by atoms with van der Waals surface area (Å²) in [6.07, 6.45) is 0. The minimum atomic E-state index is 0.631. The predicted octanol–water partition coefficient (Wildman–Crippen LogP) is 13.2. The average Bonchev–Trinajstić information content (AvgIpc) is 3.83. The van der Waals surface area contributed by atoms with Crippen LogP contribution in [0.2, 0.25) is 0 Å². The molecule has 0 N–H and O–H groups in total. The van der Waals surface area contributed by atoms with Gasteiger partial charge in [-0.3, -0.25) is 0 Å². The van der Waals surface area contributed by atoms with Gasteiger partial charge in [-0.25, -0.2) is 15.0 Å². The zero-order valence-corrected chi connectivity index (χ0v) is 30.2. The summed E-state index contributed by atoms with van der Waals surface area (Å²) in [5.74, 6) is 1.92. The lowest BCUT2D eigenvalue weighted by molar-refractivity contribution is 0.669. The molecule has 0 fully saturated rings. The minimum absolute atomic E-state index is 0.631. The van der Waals surface area contributed by atoms with Gasteiger partial charge in [0.2, 0.25) is 0 Å². The van der Waals surface area contributed by atoms with Crippen molar-refractivity contribution in [3.05, 3.63) is 194 Å². The number of hydrogen-bond donors (Lipinski definition) is 0. The Kier molecular flexibility index (Phi) is 7.42. The summed E-state index contributed by atoms with van der Waals surface area (Å²) >= 11 is 0. The quantitative estimate of drug-likeness (QED) is 0.172. The maximum absolute atomic E-state index is 6.26. The highest BCUT2D eigenvalue weighted by molar-refractivity contribution is 6.13. The van der Waals surface area contributed by atoms with E-state index >= 15 is 0 Å². The maximum Gasteiger partial charge on any atom is 0.164 e. The van der Waals surface area contributed by atoms with Gasteiger partial charge in [0.1, 0.15) is 11.2 Å². The Labute approximate surface area is 322 Å². The molecule has 11 rings (SSSR count). The number of benzene rings is 8. The van der Waals surface area contributed by atoms with Crippen molar-refractivity contribution in [1.82, 2.24) is 19.5 Å². The second-order valence-corrected chi connectivity index (χ2v) is 14.0. The van der Waals surface area contributed by atoms with E-state index in [1.54, 1.807) is 0 Å². The van der Waals surface area contributed by atoms with Gasteiger partial charge in [-0.1, -0.05) is 152 Å². The van der Waals surface area contributed by atoms with E-state index in [2.05, 4.69) is 126 Å². The molecule has 0 atom stereocenters. The highest BCUT2D eigenvalue weighted by atomic mass is 16.3. The van der Waals surface area contributed by atoms with Crippen LogP contribution in [-0.2, 0) is 0 Å². The molecule has 0 aliphatic rings. The SMILES string of the molecule is c1ccc(-c2nc(-c3ccccc3)nc(-c3cccc(-c4ccc5c6ccccc6n(-c6cccc(-c7cccc8oc9ccccc9c78)c6)c5c4)c3)n2)cc1. The van der Waals surface area contributed by atoms with Gasteiger partial charge in [0.15, 0.2) is 17.5 Å². The highest BCUT2D eigenvalue weighted by Gasteiger charge is 2.17. The number of furan rings is 1. The lowest BCUT2D eigenvalue weighted by Crippen LogP contribution is -2.00. The summed E-state index contributed by atoms with van der Waals surface area (Å²) < 4.78 is 8.65. The van der Waals surface area contributed by atoms with Crippen molar-refractivity contribution in [2.24, 2.45) is 0 Å². The molecule has 0 aliphatic heterocycles. The number of hydrogen-bond acceptors (Lipinski definition) is 4. The van der Waals surface area contributed by atoms with Crippen LogP contribution in [0.4, 0.5) is 0 Å². The van der Waals surface area contributed by atoms with Crippen LogP contribution in [0.1, 0.15) is 0 Å². The Morgan fingerprint density at radius 3 is 1.68 bits per heavy atom. The molecule has 0 aliphatic carbocycles. The third-order valence-electron chi connectivity index (χ3n) is 10.6. The molecule has 5 heteroatoms. The van der Waals surface area contributed by atoms with Gasteiger partial charge in [-0.15, -0.1) is 0 Å². The monoisotopic (exact) mass is 716 g/mol. The molecule has 5 nitrogen and oxygen atoms in total. The van der Waals surface area contributed by atoms with Crippen molar-refractivity contribution in [2.45, 2.75) is 0 Å². The first-order valence-corrected chi connectivity index (χ1v) is 18.8. The Hall–Kier alpha value is -7.63. The Morgan fingerprint density at radius 2 is 0.893 bits per heavy atom. The van der Waals surface area contributed by atoms with Gasteiger partial charge in [-0.05, 0) is 64.7 Å². The van der Waals surface area contributed by atoms with Gasteiger partial charge in [0.25, 0.3) is 0 Å². The number of aromatic nitrogens is 4. The molecule has 8 aromatic carbocycles. The van der Waals surface area contributed by atoms with E-state index in [4.69, 9.17) is 19.4 Å². The number of para-hydroxylation sites is 2. The van der Waals surface area contributed by atoms with Crippen LogP contribution in [0.15, 0.2) is 199 Å². The number of nitrogens with zero attached hydrogens (tertiary/aromatic N) is 4. The smallest absolute Gasteiger partial charge is 0.164 e. The van der Waals surface area contributed by atoms with E-state index in [1.165, 1.54) is 10.8 Å². The van der Waals surface area contributed by atoms with Crippen LogP contribution in [-0.4, -0.2) is 19.5 Å². The fraction of sp³-hybridized carbons (Fsp3) is 0. The summed E-state index contributed by atoms with van der Waals surface area (Å²) in [6.45, 7) is 0. The zero-order chi connectivity index (χ0) is 37.0. The number of rotatable bonds is 6. The van der Waals surface area contributed by atoms with E-state index in [9.17, 15) is 0 Å². The largest absolute Gasteiger partial charge is 0.456 e. The molecular formula is C51H32N4O. The molecule has 11 aromatic rings. The van der Waals surface area contributed by atoms with Crippen molar-refractivity contribution in [1.29, 1.82) is 0 Å². The van der Waals surface area contributed by atoms with Gasteiger partial charge < -0.3 is 8.98 Å². The third-order valence-corrected chi connectivity index (χ3v) is 10.6. The fourth-order valence-corrected chi connectivity index (χ4v) is 8.03. The van der Waals surface area contributed by atoms with Crippen LogP contribution in [0.3, 0.4) is 0 Å². The van der Waals surface area contributed by atoms with Crippen molar-refractivity contribution in [2.75, 3.05) is 0 Å². The van der Waals surface area contributed by atoms with E-state index in [0.717, 1.165) is 77.6 Å². The molecule has 0 radical (unpaired) electrons. The first-order valence-electron chi connectivity index (χ1n) is 18.8. The van der Waals surface area contributed by atoms with Crippen molar-refractivity contribution >= 4 is 43.7 Å². The maximum atomic E-state index is 6.26. The van der Waals surface area contributed by atoms with E-state index < -0.39 is 0 Å². The standard InChI is InChI=1S/C51H32N4O/c1-3-14-33(15-4-1)49-52-50(34-16-5-2-6-17-34)54-51(53-49)38-20-11-18-35(30-38)36-28-29-42-41-22-7-9-25-44(41)55(45(42)32-36)39-21-12-19-37(31-39)40-24-13-27-47-48(40)43-23-8-10-26-46(43)56-47/h1-32H. The molecule has 262 valence electrons. The van der Waals surface area contributed by atoms with E-state index in [-0.39, 0.29) is 0 Å². The van der Waals surface area contributed by atoms with Gasteiger partial charge in [0.05, 0.1) is 11.0 Å². The van der Waals surface area contributed by atoms with Crippen LogP contribution >= 0.6 is 0 Å². The molecule has 56 heavy (non-hydrogen) atoms. The predicted molar refractivity (Wildman–Crippen MR) is 229 cm³/mol. The second kappa shape index (κ2) is 13.0. The van der Waals surface area contributed by atoms with Gasteiger partial charge in [-0.2, -0.15) is 0 Å². The Morgan fingerprint density at radius 1 is 0.339 bits per heavy atom. The van der Waals surface area contributed by atoms with Gasteiger partial charge in [0, 0.05) is 43.9 Å². The molecule has 0 bridgehead atoms. The third kappa shape index (κ3) is 5.37. The van der Waals surface area contributed by atoms with Gasteiger partial charge >= 0.3 is 0 Å². The average molecular weight is 717 g/mol. The lowest BCUT2D eigenvalue weighted by Gasteiger charge is -2.12. The molecule has 0 spiro atoms.